The number of fused-ring (bicyclic) bond motifs is 2. The fourth-order valence-electron chi connectivity index (χ4n) is 3.27. The molecule has 3 rings (SSSR count). The zero-order valence-electron chi connectivity index (χ0n) is 9.67. The van der Waals surface area contributed by atoms with E-state index >= 15 is 0 Å². The van der Waals surface area contributed by atoms with Gasteiger partial charge in [-0.15, -0.1) is 0 Å². The SMILES string of the molecule is Cc1ccc(C2C[C@H]3CC[C@@H](C2)N3)c(Cl)c1. The van der Waals surface area contributed by atoms with E-state index in [1.165, 1.54) is 36.8 Å². The first-order valence-electron chi connectivity index (χ1n) is 6.24. The van der Waals surface area contributed by atoms with Crippen LogP contribution in [0.4, 0.5) is 0 Å². The molecule has 0 saturated carbocycles. The number of nitrogens with one attached hydrogen (secondary N) is 1. The molecule has 3 atom stereocenters. The summed E-state index contributed by atoms with van der Waals surface area (Å²) in [5.74, 6) is 0.673. The van der Waals surface area contributed by atoms with Gasteiger partial charge < -0.3 is 5.32 Å². The maximum atomic E-state index is 6.36. The Morgan fingerprint density at radius 1 is 1.19 bits per heavy atom. The molecule has 2 heterocycles. The summed E-state index contributed by atoms with van der Waals surface area (Å²) in [4.78, 5) is 0. The van der Waals surface area contributed by atoms with Crippen molar-refractivity contribution >= 4 is 11.6 Å². The van der Waals surface area contributed by atoms with Gasteiger partial charge in [0.05, 0.1) is 0 Å². The molecule has 1 unspecified atom stereocenters. The molecule has 2 fully saturated rings. The van der Waals surface area contributed by atoms with E-state index < -0.39 is 0 Å². The molecule has 2 aliphatic rings. The molecule has 0 radical (unpaired) electrons. The number of halogens is 1. The van der Waals surface area contributed by atoms with E-state index in [0.717, 1.165) is 17.1 Å². The van der Waals surface area contributed by atoms with Crippen molar-refractivity contribution in [3.63, 3.8) is 0 Å². The first-order valence-corrected chi connectivity index (χ1v) is 6.62. The third-order valence-electron chi connectivity index (χ3n) is 4.07. The molecule has 86 valence electrons. The second-order valence-electron chi connectivity index (χ2n) is 5.33. The van der Waals surface area contributed by atoms with Crippen LogP contribution in [0.3, 0.4) is 0 Å². The first kappa shape index (κ1) is 10.6. The van der Waals surface area contributed by atoms with Gasteiger partial charge in [-0.2, -0.15) is 0 Å². The summed E-state index contributed by atoms with van der Waals surface area (Å²) in [5, 5.41) is 4.64. The Kier molecular flexibility index (Phi) is 2.68. The highest BCUT2D eigenvalue weighted by molar-refractivity contribution is 6.31. The Hall–Kier alpha value is -0.530. The number of aryl methyl sites for hydroxylation is 1. The molecule has 0 aromatic heterocycles. The van der Waals surface area contributed by atoms with Crippen molar-refractivity contribution in [1.29, 1.82) is 0 Å². The van der Waals surface area contributed by atoms with Gasteiger partial charge in [0, 0.05) is 17.1 Å². The number of piperidine rings is 1. The van der Waals surface area contributed by atoms with E-state index in [-0.39, 0.29) is 0 Å². The minimum atomic E-state index is 0.673. The Labute approximate surface area is 102 Å². The molecule has 16 heavy (non-hydrogen) atoms. The zero-order valence-corrected chi connectivity index (χ0v) is 10.4. The highest BCUT2D eigenvalue weighted by atomic mass is 35.5. The van der Waals surface area contributed by atoms with E-state index in [4.69, 9.17) is 11.6 Å². The lowest BCUT2D eigenvalue weighted by atomic mass is 9.86. The fourth-order valence-corrected chi connectivity index (χ4v) is 3.66. The second kappa shape index (κ2) is 4.05. The molecule has 1 N–H and O–H groups in total. The van der Waals surface area contributed by atoms with Crippen LogP contribution in [-0.2, 0) is 0 Å². The summed E-state index contributed by atoms with van der Waals surface area (Å²) in [6, 6.07) is 7.99. The first-order chi connectivity index (χ1) is 7.72. The van der Waals surface area contributed by atoms with Crippen LogP contribution in [-0.4, -0.2) is 12.1 Å². The molecule has 2 bridgehead atoms. The largest absolute Gasteiger partial charge is 0.311 e. The maximum Gasteiger partial charge on any atom is 0.0443 e. The minimum absolute atomic E-state index is 0.673. The Balaban J connectivity index is 1.87. The van der Waals surface area contributed by atoms with Crippen molar-refractivity contribution in [3.8, 4) is 0 Å². The topological polar surface area (TPSA) is 12.0 Å². The smallest absolute Gasteiger partial charge is 0.0443 e. The van der Waals surface area contributed by atoms with Crippen molar-refractivity contribution in [2.24, 2.45) is 0 Å². The Morgan fingerprint density at radius 3 is 2.50 bits per heavy atom. The van der Waals surface area contributed by atoms with Crippen LogP contribution < -0.4 is 5.32 Å². The third-order valence-corrected chi connectivity index (χ3v) is 4.40. The highest BCUT2D eigenvalue weighted by Crippen LogP contribution is 2.39. The second-order valence-corrected chi connectivity index (χ2v) is 5.74. The Morgan fingerprint density at radius 2 is 1.88 bits per heavy atom. The molecule has 2 saturated heterocycles. The summed E-state index contributed by atoms with van der Waals surface area (Å²) >= 11 is 6.36. The van der Waals surface area contributed by atoms with Gasteiger partial charge in [-0.25, -0.2) is 0 Å². The maximum absolute atomic E-state index is 6.36. The van der Waals surface area contributed by atoms with Crippen LogP contribution >= 0.6 is 11.6 Å². The molecular weight excluding hydrogens is 218 g/mol. The average molecular weight is 236 g/mol. The summed E-state index contributed by atoms with van der Waals surface area (Å²) in [6.07, 6.45) is 5.23. The van der Waals surface area contributed by atoms with Gasteiger partial charge in [0.15, 0.2) is 0 Å². The number of hydrogen-bond acceptors (Lipinski definition) is 1. The van der Waals surface area contributed by atoms with Crippen LogP contribution in [0.25, 0.3) is 0 Å². The molecule has 1 aromatic carbocycles. The molecular formula is C14H18ClN. The third kappa shape index (κ3) is 1.87. The van der Waals surface area contributed by atoms with Crippen LogP contribution in [0.15, 0.2) is 18.2 Å². The van der Waals surface area contributed by atoms with Gasteiger partial charge in [0.2, 0.25) is 0 Å². The van der Waals surface area contributed by atoms with Gasteiger partial charge in [0.25, 0.3) is 0 Å². The van der Waals surface area contributed by atoms with E-state index in [1.807, 2.05) is 0 Å². The van der Waals surface area contributed by atoms with Gasteiger partial charge >= 0.3 is 0 Å². The number of hydrogen-bond donors (Lipinski definition) is 1. The summed E-state index contributed by atoms with van der Waals surface area (Å²) in [7, 11) is 0. The number of benzene rings is 1. The molecule has 0 aliphatic carbocycles. The molecule has 0 spiro atoms. The summed E-state index contributed by atoms with van der Waals surface area (Å²) in [6.45, 7) is 2.10. The molecule has 1 aromatic rings. The highest BCUT2D eigenvalue weighted by Gasteiger charge is 2.34. The van der Waals surface area contributed by atoms with Crippen molar-refractivity contribution in [2.45, 2.75) is 50.6 Å². The van der Waals surface area contributed by atoms with Gasteiger partial charge in [-0.05, 0) is 55.7 Å². The quantitative estimate of drug-likeness (QED) is 0.784. The summed E-state index contributed by atoms with van der Waals surface area (Å²) < 4.78 is 0. The fraction of sp³-hybridized carbons (Fsp3) is 0.571. The van der Waals surface area contributed by atoms with E-state index in [0.29, 0.717) is 5.92 Å². The van der Waals surface area contributed by atoms with Crippen molar-refractivity contribution < 1.29 is 0 Å². The van der Waals surface area contributed by atoms with Gasteiger partial charge in [0.1, 0.15) is 0 Å². The number of rotatable bonds is 1. The average Bonchev–Trinajstić information content (AvgIpc) is 2.58. The van der Waals surface area contributed by atoms with Crippen LogP contribution in [0.2, 0.25) is 5.02 Å². The lowest BCUT2D eigenvalue weighted by Gasteiger charge is -2.30. The van der Waals surface area contributed by atoms with Gasteiger partial charge in [-0.1, -0.05) is 23.7 Å². The normalized spacial score (nSPS) is 33.0. The van der Waals surface area contributed by atoms with Crippen LogP contribution in [0, 0.1) is 6.92 Å². The van der Waals surface area contributed by atoms with E-state index in [2.05, 4.69) is 30.4 Å². The molecule has 2 aliphatic heterocycles. The van der Waals surface area contributed by atoms with E-state index in [9.17, 15) is 0 Å². The van der Waals surface area contributed by atoms with Crippen molar-refractivity contribution in [2.75, 3.05) is 0 Å². The van der Waals surface area contributed by atoms with Crippen LogP contribution in [0.5, 0.6) is 0 Å². The molecule has 1 nitrogen and oxygen atoms in total. The predicted octanol–water partition coefficient (Wildman–Crippen LogP) is 3.65. The monoisotopic (exact) mass is 235 g/mol. The standard InChI is InChI=1S/C14H18ClN/c1-9-2-5-13(14(15)6-9)10-7-11-3-4-12(8-10)16-11/h2,5-6,10-12,16H,3-4,7-8H2,1H3/t10?,11-,12+. The lowest BCUT2D eigenvalue weighted by Crippen LogP contribution is -2.37. The van der Waals surface area contributed by atoms with E-state index in [1.54, 1.807) is 0 Å². The molecule has 2 heteroatoms. The van der Waals surface area contributed by atoms with Gasteiger partial charge in [-0.3, -0.25) is 0 Å². The lowest BCUT2D eigenvalue weighted by molar-refractivity contribution is 0.363. The minimum Gasteiger partial charge on any atom is -0.311 e. The zero-order chi connectivity index (χ0) is 11.1. The van der Waals surface area contributed by atoms with Crippen LogP contribution in [0.1, 0.15) is 42.7 Å². The van der Waals surface area contributed by atoms with Crippen molar-refractivity contribution in [3.05, 3.63) is 34.3 Å². The Bertz CT molecular complexity index is 390. The summed E-state index contributed by atoms with van der Waals surface area (Å²) in [5.41, 5.74) is 2.62. The van der Waals surface area contributed by atoms with Crippen molar-refractivity contribution in [1.82, 2.24) is 5.32 Å². The predicted molar refractivity (Wildman–Crippen MR) is 68.1 cm³/mol. The molecule has 0 amide bonds.